The van der Waals surface area contributed by atoms with Crippen molar-refractivity contribution in [2.24, 2.45) is 4.99 Å². The molecular weight excluding hydrogens is 483 g/mol. The zero-order valence-electron chi connectivity index (χ0n) is 16.7. The van der Waals surface area contributed by atoms with Crippen LogP contribution in [-0.2, 0) is 13.0 Å². The van der Waals surface area contributed by atoms with Gasteiger partial charge >= 0.3 is 0 Å². The van der Waals surface area contributed by atoms with Crippen LogP contribution in [0.15, 0.2) is 41.5 Å². The Morgan fingerprint density at radius 1 is 1.25 bits per heavy atom. The van der Waals surface area contributed by atoms with E-state index in [9.17, 15) is 0 Å². The largest absolute Gasteiger partial charge is 0.356 e. The summed E-state index contributed by atoms with van der Waals surface area (Å²) in [5, 5.41) is 4.55. The van der Waals surface area contributed by atoms with Crippen LogP contribution >= 0.6 is 35.3 Å². The SMILES string of the molecule is CN=C(NCCc1sc(C)nc1C)N(C)Cc1ncc(-c2ccccc2)[nH]1.I. The molecule has 0 aliphatic heterocycles. The van der Waals surface area contributed by atoms with Gasteiger partial charge in [-0.1, -0.05) is 30.3 Å². The highest BCUT2D eigenvalue weighted by Crippen LogP contribution is 2.18. The molecule has 1 aromatic carbocycles. The highest BCUT2D eigenvalue weighted by Gasteiger charge is 2.11. The minimum Gasteiger partial charge on any atom is -0.356 e. The zero-order chi connectivity index (χ0) is 19.2. The molecule has 3 rings (SSSR count). The summed E-state index contributed by atoms with van der Waals surface area (Å²) in [7, 11) is 3.82. The first-order valence-corrected chi connectivity index (χ1v) is 9.82. The van der Waals surface area contributed by atoms with Gasteiger partial charge < -0.3 is 15.2 Å². The predicted octanol–water partition coefficient (Wildman–Crippen LogP) is 4.02. The number of hydrogen-bond donors (Lipinski definition) is 2. The summed E-state index contributed by atoms with van der Waals surface area (Å²) in [5.41, 5.74) is 3.29. The number of aromatic amines is 1. The van der Waals surface area contributed by atoms with Crippen LogP contribution in [0.1, 0.15) is 21.4 Å². The Balaban J connectivity index is 0.00000280. The van der Waals surface area contributed by atoms with Crippen LogP contribution < -0.4 is 5.32 Å². The number of benzene rings is 1. The molecule has 28 heavy (non-hydrogen) atoms. The summed E-state index contributed by atoms with van der Waals surface area (Å²) >= 11 is 1.77. The standard InChI is InChI=1S/C20H26N6S.HI/c1-14-18(27-15(2)24-14)10-11-22-20(21-3)26(4)13-19-23-12-17(25-19)16-8-6-5-7-9-16;/h5-9,12H,10-11,13H2,1-4H3,(H,21,22)(H,23,25);1H. The van der Waals surface area contributed by atoms with Crippen molar-refractivity contribution in [2.45, 2.75) is 26.8 Å². The van der Waals surface area contributed by atoms with Crippen molar-refractivity contribution in [3.8, 4) is 11.3 Å². The molecule has 2 aromatic heterocycles. The number of nitrogens with one attached hydrogen (secondary N) is 2. The number of nitrogens with zero attached hydrogens (tertiary/aromatic N) is 4. The number of thiazole rings is 1. The van der Waals surface area contributed by atoms with Crippen LogP contribution in [-0.4, -0.2) is 46.5 Å². The van der Waals surface area contributed by atoms with Crippen LogP contribution in [0.25, 0.3) is 11.3 Å². The van der Waals surface area contributed by atoms with Crippen molar-refractivity contribution in [2.75, 3.05) is 20.6 Å². The fraction of sp³-hybridized carbons (Fsp3) is 0.350. The number of aryl methyl sites for hydroxylation is 2. The van der Waals surface area contributed by atoms with Gasteiger partial charge in [0.2, 0.25) is 0 Å². The van der Waals surface area contributed by atoms with E-state index >= 15 is 0 Å². The van der Waals surface area contributed by atoms with E-state index in [2.05, 4.69) is 49.2 Å². The molecule has 2 heterocycles. The Morgan fingerprint density at radius 2 is 2.00 bits per heavy atom. The third-order valence-corrected chi connectivity index (χ3v) is 5.44. The molecule has 3 aromatic rings. The summed E-state index contributed by atoms with van der Waals surface area (Å²) in [6.45, 7) is 5.60. The van der Waals surface area contributed by atoms with Crippen LogP contribution in [0.2, 0.25) is 0 Å². The molecule has 0 fully saturated rings. The summed E-state index contributed by atoms with van der Waals surface area (Å²) < 4.78 is 0. The molecule has 0 saturated heterocycles. The van der Waals surface area contributed by atoms with Crippen LogP contribution in [0.4, 0.5) is 0 Å². The van der Waals surface area contributed by atoms with E-state index in [1.54, 1.807) is 18.4 Å². The van der Waals surface area contributed by atoms with Crippen molar-refractivity contribution < 1.29 is 0 Å². The van der Waals surface area contributed by atoms with Crippen molar-refractivity contribution >= 4 is 41.3 Å². The van der Waals surface area contributed by atoms with E-state index in [-0.39, 0.29) is 24.0 Å². The lowest BCUT2D eigenvalue weighted by Crippen LogP contribution is -2.39. The Hall–Kier alpha value is -1.94. The fourth-order valence-electron chi connectivity index (χ4n) is 2.98. The minimum absolute atomic E-state index is 0. The first-order chi connectivity index (χ1) is 13.1. The van der Waals surface area contributed by atoms with Crippen molar-refractivity contribution in [3.63, 3.8) is 0 Å². The minimum atomic E-state index is 0. The Kier molecular flexibility index (Phi) is 8.43. The van der Waals surface area contributed by atoms with Gasteiger partial charge in [-0.2, -0.15) is 0 Å². The molecule has 0 bridgehead atoms. The summed E-state index contributed by atoms with van der Waals surface area (Å²) in [5.74, 6) is 1.76. The molecule has 6 nitrogen and oxygen atoms in total. The van der Waals surface area contributed by atoms with Crippen molar-refractivity contribution in [1.82, 2.24) is 25.2 Å². The molecule has 2 N–H and O–H groups in total. The lowest BCUT2D eigenvalue weighted by Gasteiger charge is -2.21. The first kappa shape index (κ1) is 22.4. The van der Waals surface area contributed by atoms with Crippen molar-refractivity contribution in [1.29, 1.82) is 0 Å². The smallest absolute Gasteiger partial charge is 0.193 e. The maximum atomic E-state index is 4.50. The maximum absolute atomic E-state index is 4.50. The quantitative estimate of drug-likeness (QED) is 0.299. The van der Waals surface area contributed by atoms with Crippen LogP contribution in [0, 0.1) is 13.8 Å². The Labute approximate surface area is 187 Å². The highest BCUT2D eigenvalue weighted by atomic mass is 127. The lowest BCUT2D eigenvalue weighted by molar-refractivity contribution is 0.464. The van der Waals surface area contributed by atoms with Crippen LogP contribution in [0.3, 0.4) is 0 Å². The zero-order valence-corrected chi connectivity index (χ0v) is 19.8. The molecular formula is C20H27IN6S. The second-order valence-corrected chi connectivity index (χ2v) is 7.72. The van der Waals surface area contributed by atoms with Gasteiger partial charge in [0, 0.05) is 31.9 Å². The second-order valence-electron chi connectivity index (χ2n) is 6.43. The predicted molar refractivity (Wildman–Crippen MR) is 128 cm³/mol. The van der Waals surface area contributed by atoms with Crippen molar-refractivity contribution in [3.05, 3.63) is 57.9 Å². The molecule has 0 saturated carbocycles. The molecule has 0 aliphatic rings. The van der Waals surface area contributed by atoms with Crippen LogP contribution in [0.5, 0.6) is 0 Å². The number of halogens is 1. The summed E-state index contributed by atoms with van der Waals surface area (Å²) in [6, 6.07) is 10.2. The average Bonchev–Trinajstić information content (AvgIpc) is 3.25. The maximum Gasteiger partial charge on any atom is 0.193 e. The molecule has 0 amide bonds. The Bertz CT molecular complexity index is 903. The van der Waals surface area contributed by atoms with E-state index in [4.69, 9.17) is 0 Å². The lowest BCUT2D eigenvalue weighted by atomic mass is 10.2. The van der Waals surface area contributed by atoms with E-state index in [0.717, 1.165) is 46.7 Å². The van der Waals surface area contributed by atoms with E-state index in [1.165, 1.54) is 4.88 Å². The third-order valence-electron chi connectivity index (χ3n) is 4.31. The van der Waals surface area contributed by atoms with Gasteiger partial charge in [-0.3, -0.25) is 4.99 Å². The van der Waals surface area contributed by atoms with Gasteiger partial charge in [-0.25, -0.2) is 9.97 Å². The number of guanidine groups is 1. The van der Waals surface area contributed by atoms with Gasteiger partial charge in [-0.15, -0.1) is 35.3 Å². The first-order valence-electron chi connectivity index (χ1n) is 9.01. The number of imidazole rings is 1. The number of hydrogen-bond acceptors (Lipinski definition) is 4. The number of aliphatic imine (C=N–C) groups is 1. The number of H-pyrrole nitrogens is 1. The van der Waals surface area contributed by atoms with Gasteiger partial charge in [0.15, 0.2) is 5.96 Å². The number of aromatic nitrogens is 3. The van der Waals surface area contributed by atoms with Gasteiger partial charge in [0.05, 0.1) is 29.1 Å². The van der Waals surface area contributed by atoms with Gasteiger partial charge in [-0.05, 0) is 19.4 Å². The third kappa shape index (κ3) is 5.78. The normalized spacial score (nSPS) is 11.2. The highest BCUT2D eigenvalue weighted by molar-refractivity contribution is 14.0. The molecule has 0 atom stereocenters. The molecule has 0 unspecified atom stereocenters. The van der Waals surface area contributed by atoms with Gasteiger partial charge in [0.1, 0.15) is 5.82 Å². The topological polar surface area (TPSA) is 69.2 Å². The number of rotatable bonds is 6. The molecule has 0 radical (unpaired) electrons. The summed E-state index contributed by atoms with van der Waals surface area (Å²) in [4.78, 5) is 20.2. The molecule has 8 heteroatoms. The van der Waals surface area contributed by atoms with Gasteiger partial charge in [0.25, 0.3) is 0 Å². The monoisotopic (exact) mass is 510 g/mol. The summed E-state index contributed by atoms with van der Waals surface area (Å²) in [6.07, 6.45) is 2.83. The molecule has 0 spiro atoms. The van der Waals surface area contributed by atoms with E-state index in [1.807, 2.05) is 38.4 Å². The molecule has 0 aliphatic carbocycles. The van der Waals surface area contributed by atoms with E-state index in [0.29, 0.717) is 6.54 Å². The average molecular weight is 510 g/mol. The second kappa shape index (κ2) is 10.6. The molecule has 150 valence electrons. The fourth-order valence-corrected chi connectivity index (χ4v) is 3.92. The van der Waals surface area contributed by atoms with E-state index < -0.39 is 0 Å². The Morgan fingerprint density at radius 3 is 2.64 bits per heavy atom.